The van der Waals surface area contributed by atoms with Gasteiger partial charge in [0.25, 0.3) is 0 Å². The molecule has 4 aromatic rings. The zero-order valence-corrected chi connectivity index (χ0v) is 67.0. The van der Waals surface area contributed by atoms with Gasteiger partial charge in [-0.25, -0.2) is 4.79 Å². The molecular formula is C76H110N22O23. The molecule has 0 radical (unpaired) electrons. The summed E-state index contributed by atoms with van der Waals surface area (Å²) < 4.78 is 0. The van der Waals surface area contributed by atoms with Crippen LogP contribution >= 0.6 is 0 Å². The Morgan fingerprint density at radius 2 is 0.868 bits per heavy atom. The summed E-state index contributed by atoms with van der Waals surface area (Å²) >= 11 is 0. The van der Waals surface area contributed by atoms with Crippen molar-refractivity contribution in [2.75, 3.05) is 52.6 Å². The summed E-state index contributed by atoms with van der Waals surface area (Å²) in [5.41, 5.74) is 18.4. The van der Waals surface area contributed by atoms with Crippen LogP contribution in [0.2, 0.25) is 0 Å². The Kier molecular flexibility index (Phi) is 40.1. The van der Waals surface area contributed by atoms with Crippen LogP contribution in [0.25, 0.3) is 10.9 Å². The van der Waals surface area contributed by atoms with Crippen LogP contribution < -0.4 is 97.0 Å². The molecule has 0 unspecified atom stereocenters. The molecule has 5 rings (SSSR count). The van der Waals surface area contributed by atoms with E-state index in [0.29, 0.717) is 34.9 Å². The molecule has 1 fully saturated rings. The minimum atomic E-state index is -2.12. The molecule has 0 saturated carbocycles. The number of phenolic OH excluding ortho intramolecular Hbond substituents is 1. The lowest BCUT2D eigenvalue weighted by Crippen LogP contribution is -2.62. The highest BCUT2D eigenvalue weighted by atomic mass is 16.4. The molecule has 0 bridgehead atoms. The van der Waals surface area contributed by atoms with Crippen molar-refractivity contribution < 1.29 is 112 Å². The van der Waals surface area contributed by atoms with Crippen molar-refractivity contribution in [2.24, 2.45) is 23.1 Å². The second-order valence-electron chi connectivity index (χ2n) is 29.0. The summed E-state index contributed by atoms with van der Waals surface area (Å²) in [6.45, 7) is 1.00. The summed E-state index contributed by atoms with van der Waals surface area (Å²) in [6, 6.07) is -3.02. The first-order chi connectivity index (χ1) is 57.4. The third-order valence-corrected chi connectivity index (χ3v) is 19.0. The van der Waals surface area contributed by atoms with Crippen molar-refractivity contribution in [2.45, 2.75) is 183 Å². The molecule has 14 atom stereocenters. The average molecular weight is 1700 g/mol. The van der Waals surface area contributed by atoms with Crippen LogP contribution in [0, 0.1) is 16.7 Å². The van der Waals surface area contributed by atoms with E-state index in [-0.39, 0.29) is 81.3 Å². The number of amides is 14. The van der Waals surface area contributed by atoms with Gasteiger partial charge in [-0.1, -0.05) is 74.5 Å². The van der Waals surface area contributed by atoms with Gasteiger partial charge in [0.2, 0.25) is 82.7 Å². The summed E-state index contributed by atoms with van der Waals surface area (Å²) in [5, 5.41) is 122. The highest BCUT2D eigenvalue weighted by Crippen LogP contribution is 2.21. The van der Waals surface area contributed by atoms with E-state index in [9.17, 15) is 112 Å². The van der Waals surface area contributed by atoms with Gasteiger partial charge in [-0.15, -0.1) is 0 Å². The second-order valence-corrected chi connectivity index (χ2v) is 29.0. The van der Waals surface area contributed by atoms with Gasteiger partial charge < -0.3 is 143 Å². The molecule has 3 aromatic carbocycles. The van der Waals surface area contributed by atoms with E-state index < -0.39 is 237 Å². The minimum absolute atomic E-state index is 0.0412. The molecule has 31 N–H and O–H groups in total. The summed E-state index contributed by atoms with van der Waals surface area (Å²) in [4.78, 5) is 223. The Hall–Kier alpha value is -13.1. The topological polar surface area (TPSA) is 740 Å². The highest BCUT2D eigenvalue weighted by Gasteiger charge is 2.39. The van der Waals surface area contributed by atoms with E-state index in [1.54, 1.807) is 74.6 Å². The van der Waals surface area contributed by atoms with Gasteiger partial charge in [-0.2, -0.15) is 0 Å². The van der Waals surface area contributed by atoms with E-state index >= 15 is 0 Å². The quantitative estimate of drug-likeness (QED) is 0.0111. The maximum absolute atomic E-state index is 14.8. The van der Waals surface area contributed by atoms with E-state index in [2.05, 4.69) is 84.7 Å². The zero-order chi connectivity index (χ0) is 89.7. The number of benzene rings is 3. The SMILES string of the molecule is CC(C)C[C@H](NC(=O)[C@H](CO)NC(=O)[C@@H](N)CCCNC(=N)N)C(=O)N[C@@H](Cc1c[nH]c2ccccc12)C(=O)N[C@@H](CO)C(=O)N[C@@H](CC(=O)O)C(=O)N[C@@H](Cc1ccccc1)C(=O)N[C@@H](Cc1ccc(O)cc1)C(=O)N[C@@H](C)C(=O)N[C@@H](CO)C(=O)N[C@@H](C)C(=O)N[C@@H](CO)C(=O)N[C@@H](CCCNC(=N)N)C(=O)NCC(=O)N1CCC[C@H]1C(=O)O. The molecule has 1 aliphatic rings. The maximum atomic E-state index is 14.8. The van der Waals surface area contributed by atoms with Gasteiger partial charge in [0.15, 0.2) is 11.9 Å². The number of aromatic hydroxyl groups is 1. The van der Waals surface area contributed by atoms with Crippen molar-refractivity contribution in [3.05, 3.63) is 102 Å². The molecule has 45 heteroatoms. The zero-order valence-electron chi connectivity index (χ0n) is 67.0. The number of carboxylic acids is 2. The van der Waals surface area contributed by atoms with E-state index in [0.717, 1.165) is 18.7 Å². The lowest BCUT2D eigenvalue weighted by molar-refractivity contribution is -0.148. The molecule has 14 amide bonds. The molecule has 45 nitrogen and oxygen atoms in total. The van der Waals surface area contributed by atoms with Crippen LogP contribution in [0.3, 0.4) is 0 Å². The Morgan fingerprint density at radius 1 is 0.463 bits per heavy atom. The lowest BCUT2D eigenvalue weighted by atomic mass is 10.00. The molecule has 1 saturated heterocycles. The maximum Gasteiger partial charge on any atom is 0.326 e. The molecule has 0 aliphatic carbocycles. The van der Waals surface area contributed by atoms with Crippen LogP contribution in [0.1, 0.15) is 95.8 Å². The minimum Gasteiger partial charge on any atom is -0.508 e. The number of para-hydroxylation sites is 1. The Morgan fingerprint density at radius 3 is 1.36 bits per heavy atom. The number of rotatable bonds is 50. The number of fused-ring (bicyclic) bond motifs is 1. The fraction of sp³-hybridized carbons (Fsp3) is 0.500. The molecule has 0 spiro atoms. The molecular weight excluding hydrogens is 1590 g/mol. The Balaban J connectivity index is 1.30. The largest absolute Gasteiger partial charge is 0.508 e. The van der Waals surface area contributed by atoms with E-state index in [1.807, 2.05) is 0 Å². The number of carbonyl (C=O) groups is 16. The van der Waals surface area contributed by atoms with Gasteiger partial charge >= 0.3 is 11.9 Å². The normalized spacial score (nSPS) is 15.6. The van der Waals surface area contributed by atoms with E-state index in [1.165, 1.54) is 24.3 Å². The van der Waals surface area contributed by atoms with Crippen LogP contribution in [0.4, 0.5) is 0 Å². The molecule has 1 aliphatic heterocycles. The number of aliphatic hydroxyl groups excluding tert-OH is 4. The highest BCUT2D eigenvalue weighted by molar-refractivity contribution is 6.01. The number of likely N-dealkylation sites (tertiary alicyclic amines) is 1. The van der Waals surface area contributed by atoms with Crippen molar-refractivity contribution in [3.8, 4) is 5.75 Å². The number of hydrogen-bond acceptors (Lipinski definition) is 24. The number of aliphatic carboxylic acids is 2. The number of hydrogen-bond donors (Lipinski definition) is 28. The average Bonchev–Trinajstić information content (AvgIpc) is 1.65. The number of aliphatic hydroxyl groups is 4. The monoisotopic (exact) mass is 1700 g/mol. The molecule has 2 heterocycles. The van der Waals surface area contributed by atoms with Crippen molar-refractivity contribution >= 4 is 117 Å². The number of aromatic nitrogens is 1. The van der Waals surface area contributed by atoms with Gasteiger partial charge in [0, 0.05) is 56.0 Å². The molecule has 1 aromatic heterocycles. The standard InChI is InChI=1S/C76H110N22O23/c1-38(2)27-49(89-72(118)56(36-101)96-63(109)46(77)16-10-24-82-75(78)79)66(112)92-52(30-43-32-84-47-17-9-8-15-45(43)47)68(114)97-57(37-102)73(119)93-53(31-60(105)106)69(115)91-51(28-41-13-6-5-7-14-41)67(113)90-50(29-42-20-22-44(103)23-21-42)65(111)86-39(3)61(107)94-54(34-99)70(116)87-40(4)62(108)95-55(35-100)71(117)88-48(18-11-25-83-76(80)81)64(110)85-33-59(104)98-26-12-19-58(98)74(120)121/h5-9,13-15,17,20-23,32,38-40,46,48-58,84,99-103H,10-12,16,18-19,24-31,33-37,77H2,1-4H3,(H,85,110)(H,86,111)(H,87,116)(H,88,117)(H,89,118)(H,90,113)(H,91,115)(H,92,112)(H,93,119)(H,94,107)(H,95,108)(H,96,109)(H,97,114)(H,105,106)(H,120,121)(H4,78,79,82)(H4,80,81,83)/t39-,40-,46-,48-,49-,50-,51-,52-,53-,54-,55-,56-,57-,58-/m0/s1. The van der Waals surface area contributed by atoms with Crippen molar-refractivity contribution in [3.63, 3.8) is 0 Å². The third-order valence-electron chi connectivity index (χ3n) is 19.0. The lowest BCUT2D eigenvalue weighted by Gasteiger charge is -2.28. The number of guanidine groups is 2. The number of nitrogens with two attached hydrogens (primary N) is 3. The third kappa shape index (κ3) is 32.6. The van der Waals surface area contributed by atoms with Crippen LogP contribution in [-0.4, -0.2) is 289 Å². The van der Waals surface area contributed by atoms with Crippen molar-refractivity contribution in [1.29, 1.82) is 10.8 Å². The fourth-order valence-electron chi connectivity index (χ4n) is 12.5. The Bertz CT molecular complexity index is 4290. The van der Waals surface area contributed by atoms with E-state index in [4.69, 9.17) is 28.0 Å². The smallest absolute Gasteiger partial charge is 0.326 e. The molecule has 121 heavy (non-hydrogen) atoms. The second kappa shape index (κ2) is 49.3. The number of H-pyrrole nitrogens is 1. The Labute approximate surface area is 693 Å². The number of phenols is 1. The van der Waals surface area contributed by atoms with Crippen LogP contribution in [-0.2, 0) is 96.0 Å². The number of nitrogens with one attached hydrogen (secondary N) is 18. The predicted octanol–water partition coefficient (Wildman–Crippen LogP) is -8.71. The number of carbonyl (C=O) groups excluding carboxylic acids is 14. The van der Waals surface area contributed by atoms with Gasteiger partial charge in [-0.05, 0) is 99.6 Å². The summed E-state index contributed by atoms with van der Waals surface area (Å²) in [6.07, 6.45) is 0.0369. The number of carboxylic acid groups (broad SMARTS) is 2. The molecule has 662 valence electrons. The van der Waals surface area contributed by atoms with Gasteiger partial charge in [0.05, 0.1) is 45.4 Å². The van der Waals surface area contributed by atoms with Gasteiger partial charge in [0.1, 0.15) is 84.3 Å². The number of nitrogens with zero attached hydrogens (tertiary/aromatic N) is 1. The van der Waals surface area contributed by atoms with Crippen LogP contribution in [0.5, 0.6) is 5.75 Å². The first kappa shape index (κ1) is 98.4. The first-order valence-electron chi connectivity index (χ1n) is 38.7. The van der Waals surface area contributed by atoms with Crippen molar-refractivity contribution in [1.82, 2.24) is 89.6 Å². The number of aromatic amines is 1. The fourth-order valence-corrected chi connectivity index (χ4v) is 12.5. The van der Waals surface area contributed by atoms with Gasteiger partial charge in [-0.3, -0.25) is 82.7 Å². The predicted molar refractivity (Wildman–Crippen MR) is 430 cm³/mol. The summed E-state index contributed by atoms with van der Waals surface area (Å²) in [7, 11) is 0. The van der Waals surface area contributed by atoms with Crippen LogP contribution in [0.15, 0.2) is 85.1 Å². The summed E-state index contributed by atoms with van der Waals surface area (Å²) in [5.74, 6) is -19.3. The first-order valence-corrected chi connectivity index (χ1v) is 38.7.